The van der Waals surface area contributed by atoms with Gasteiger partial charge in [-0.15, -0.1) is 6.58 Å². The van der Waals surface area contributed by atoms with Gasteiger partial charge in [0.1, 0.15) is 0 Å². The molecular formula is C8H17NO. The fraction of sp³-hybridized carbons (Fsp3) is 0.750. The summed E-state index contributed by atoms with van der Waals surface area (Å²) >= 11 is 0. The first kappa shape index (κ1) is 9.66. The molecule has 2 heteroatoms. The van der Waals surface area contributed by atoms with E-state index < -0.39 is 0 Å². The Hall–Kier alpha value is -0.340. The maximum absolute atomic E-state index is 9.23. The number of hydrogen-bond acceptors (Lipinski definition) is 2. The van der Waals surface area contributed by atoms with Crippen LogP contribution in [0.15, 0.2) is 12.7 Å². The summed E-state index contributed by atoms with van der Waals surface area (Å²) in [5.74, 6) is 0. The smallest absolute Gasteiger partial charge is 0.0356 e. The van der Waals surface area contributed by atoms with Crippen molar-refractivity contribution >= 4 is 0 Å². The molecule has 0 saturated heterocycles. The Bertz CT molecular complexity index is 93.3. The number of nitrogens with zero attached hydrogens (tertiary/aromatic N) is 1. The third kappa shape index (κ3) is 3.64. The molecule has 60 valence electrons. The van der Waals surface area contributed by atoms with Crippen molar-refractivity contribution in [2.45, 2.75) is 32.7 Å². The van der Waals surface area contributed by atoms with Gasteiger partial charge in [-0.2, -0.15) is 5.06 Å². The Kier molecular flexibility index (Phi) is 5.26. The van der Waals surface area contributed by atoms with E-state index in [4.69, 9.17) is 0 Å². The topological polar surface area (TPSA) is 23.5 Å². The molecule has 1 N–H and O–H groups in total. The molecule has 2 nitrogen and oxygen atoms in total. The highest BCUT2D eigenvalue weighted by molar-refractivity contribution is 4.73. The maximum atomic E-state index is 9.23. The molecule has 10 heavy (non-hydrogen) atoms. The van der Waals surface area contributed by atoms with Crippen LogP contribution in [-0.2, 0) is 0 Å². The highest BCUT2D eigenvalue weighted by Crippen LogP contribution is 2.00. The van der Waals surface area contributed by atoms with Gasteiger partial charge in [-0.05, 0) is 19.8 Å². The molecule has 0 aliphatic carbocycles. The third-order valence-corrected chi connectivity index (χ3v) is 1.47. The highest BCUT2D eigenvalue weighted by atomic mass is 16.5. The Balaban J connectivity index is 3.47. The molecule has 0 fully saturated rings. The van der Waals surface area contributed by atoms with E-state index in [0.29, 0.717) is 0 Å². The van der Waals surface area contributed by atoms with Crippen molar-refractivity contribution in [2.75, 3.05) is 6.54 Å². The molecule has 0 radical (unpaired) electrons. The summed E-state index contributed by atoms with van der Waals surface area (Å²) in [4.78, 5) is 0. The van der Waals surface area contributed by atoms with E-state index in [0.717, 1.165) is 19.4 Å². The van der Waals surface area contributed by atoms with Crippen molar-refractivity contribution < 1.29 is 5.21 Å². The highest BCUT2D eigenvalue weighted by Gasteiger charge is 2.06. The van der Waals surface area contributed by atoms with Gasteiger partial charge >= 0.3 is 0 Å². The van der Waals surface area contributed by atoms with E-state index in [1.54, 1.807) is 0 Å². The zero-order chi connectivity index (χ0) is 7.98. The quantitative estimate of drug-likeness (QED) is 0.470. The van der Waals surface area contributed by atoms with Gasteiger partial charge < -0.3 is 5.21 Å². The fourth-order valence-corrected chi connectivity index (χ4v) is 0.812. The molecule has 0 saturated carbocycles. The van der Waals surface area contributed by atoms with Crippen molar-refractivity contribution in [3.05, 3.63) is 12.7 Å². The molecule has 0 heterocycles. The Morgan fingerprint density at radius 3 is 2.70 bits per heavy atom. The predicted molar refractivity (Wildman–Crippen MR) is 43.1 cm³/mol. The largest absolute Gasteiger partial charge is 0.314 e. The number of rotatable bonds is 5. The average Bonchev–Trinajstić information content (AvgIpc) is 1.89. The molecule has 1 unspecified atom stereocenters. The van der Waals surface area contributed by atoms with Crippen LogP contribution >= 0.6 is 0 Å². The first-order valence-corrected chi connectivity index (χ1v) is 3.78. The SMILES string of the molecule is C=CCC(C)N(O)CCC. The van der Waals surface area contributed by atoms with Gasteiger partial charge in [-0.1, -0.05) is 13.0 Å². The lowest BCUT2D eigenvalue weighted by molar-refractivity contribution is -0.120. The summed E-state index contributed by atoms with van der Waals surface area (Å²) in [6.07, 6.45) is 3.65. The molecule has 0 aromatic rings. The molecule has 0 spiro atoms. The van der Waals surface area contributed by atoms with Gasteiger partial charge in [-0.25, -0.2) is 0 Å². The lowest BCUT2D eigenvalue weighted by Gasteiger charge is -2.20. The first-order valence-electron chi connectivity index (χ1n) is 3.78. The molecular weight excluding hydrogens is 126 g/mol. The second kappa shape index (κ2) is 5.45. The molecule has 0 aliphatic rings. The zero-order valence-electron chi connectivity index (χ0n) is 6.88. The van der Waals surface area contributed by atoms with Gasteiger partial charge in [0.2, 0.25) is 0 Å². The van der Waals surface area contributed by atoms with Crippen LogP contribution in [0.1, 0.15) is 26.7 Å². The van der Waals surface area contributed by atoms with Crippen molar-refractivity contribution in [3.8, 4) is 0 Å². The van der Waals surface area contributed by atoms with Crippen LogP contribution in [-0.4, -0.2) is 22.9 Å². The van der Waals surface area contributed by atoms with Crippen LogP contribution in [0.2, 0.25) is 0 Å². The lowest BCUT2D eigenvalue weighted by Crippen LogP contribution is -2.29. The molecule has 0 aromatic heterocycles. The molecule has 0 amide bonds. The second-order valence-electron chi connectivity index (χ2n) is 2.54. The van der Waals surface area contributed by atoms with Crippen LogP contribution in [0, 0.1) is 0 Å². The van der Waals surface area contributed by atoms with Crippen LogP contribution in [0.5, 0.6) is 0 Å². The summed E-state index contributed by atoms with van der Waals surface area (Å²) in [7, 11) is 0. The van der Waals surface area contributed by atoms with Crippen molar-refractivity contribution in [3.63, 3.8) is 0 Å². The monoisotopic (exact) mass is 143 g/mol. The molecule has 0 aromatic carbocycles. The molecule has 0 aliphatic heterocycles. The van der Waals surface area contributed by atoms with Crippen molar-refractivity contribution in [1.82, 2.24) is 5.06 Å². The summed E-state index contributed by atoms with van der Waals surface area (Å²) in [5, 5.41) is 10.6. The van der Waals surface area contributed by atoms with E-state index in [1.165, 1.54) is 5.06 Å². The number of hydrogen-bond donors (Lipinski definition) is 1. The van der Waals surface area contributed by atoms with Crippen molar-refractivity contribution in [2.24, 2.45) is 0 Å². The normalized spacial score (nSPS) is 13.6. The Morgan fingerprint density at radius 1 is 1.70 bits per heavy atom. The summed E-state index contributed by atoms with van der Waals surface area (Å²) in [6, 6.07) is 0.206. The summed E-state index contributed by atoms with van der Waals surface area (Å²) in [6.45, 7) is 8.38. The fourth-order valence-electron chi connectivity index (χ4n) is 0.812. The summed E-state index contributed by atoms with van der Waals surface area (Å²) < 4.78 is 0. The van der Waals surface area contributed by atoms with Crippen LogP contribution in [0.4, 0.5) is 0 Å². The maximum Gasteiger partial charge on any atom is 0.0356 e. The van der Waals surface area contributed by atoms with E-state index in [1.807, 2.05) is 19.9 Å². The van der Waals surface area contributed by atoms with Gasteiger partial charge in [0.15, 0.2) is 0 Å². The Labute approximate surface area is 63.1 Å². The minimum atomic E-state index is 0.206. The lowest BCUT2D eigenvalue weighted by atomic mass is 10.2. The van der Waals surface area contributed by atoms with Crippen LogP contribution < -0.4 is 0 Å². The van der Waals surface area contributed by atoms with E-state index in [-0.39, 0.29) is 6.04 Å². The van der Waals surface area contributed by atoms with Crippen molar-refractivity contribution in [1.29, 1.82) is 0 Å². The molecule has 0 bridgehead atoms. The van der Waals surface area contributed by atoms with Crippen LogP contribution in [0.25, 0.3) is 0 Å². The second-order valence-corrected chi connectivity index (χ2v) is 2.54. The van der Waals surface area contributed by atoms with E-state index >= 15 is 0 Å². The average molecular weight is 143 g/mol. The number of hydroxylamine groups is 2. The third-order valence-electron chi connectivity index (χ3n) is 1.47. The van der Waals surface area contributed by atoms with Gasteiger partial charge in [-0.3, -0.25) is 0 Å². The minimum Gasteiger partial charge on any atom is -0.314 e. The van der Waals surface area contributed by atoms with Gasteiger partial charge in [0.05, 0.1) is 0 Å². The Morgan fingerprint density at radius 2 is 2.30 bits per heavy atom. The molecule has 0 rings (SSSR count). The predicted octanol–water partition coefficient (Wildman–Crippen LogP) is 2.05. The van der Waals surface area contributed by atoms with E-state index in [9.17, 15) is 5.21 Å². The first-order chi connectivity index (χ1) is 4.72. The van der Waals surface area contributed by atoms with Crippen LogP contribution in [0.3, 0.4) is 0 Å². The van der Waals surface area contributed by atoms with Gasteiger partial charge in [0, 0.05) is 12.6 Å². The zero-order valence-corrected chi connectivity index (χ0v) is 6.88. The molecule has 1 atom stereocenters. The summed E-state index contributed by atoms with van der Waals surface area (Å²) in [5.41, 5.74) is 0. The standard InChI is InChI=1S/C8H17NO/c1-4-6-8(3)9(10)7-5-2/h4,8,10H,1,5-7H2,2-3H3. The minimum absolute atomic E-state index is 0.206. The van der Waals surface area contributed by atoms with E-state index in [2.05, 4.69) is 6.58 Å². The van der Waals surface area contributed by atoms with Gasteiger partial charge in [0.25, 0.3) is 0 Å².